The van der Waals surface area contributed by atoms with Crippen molar-refractivity contribution in [1.82, 2.24) is 5.32 Å². The van der Waals surface area contributed by atoms with Gasteiger partial charge in [0.15, 0.2) is 0 Å². The molecule has 1 aliphatic rings. The van der Waals surface area contributed by atoms with Crippen molar-refractivity contribution < 1.29 is 13.9 Å². The van der Waals surface area contributed by atoms with Crippen molar-refractivity contribution in [2.24, 2.45) is 5.73 Å². The summed E-state index contributed by atoms with van der Waals surface area (Å²) in [5, 5.41) is 17.7. The van der Waals surface area contributed by atoms with Gasteiger partial charge in [0.05, 0.1) is 6.54 Å². The number of hydrogen-bond acceptors (Lipinski definition) is 5. The van der Waals surface area contributed by atoms with E-state index < -0.39 is 6.02 Å². The Labute approximate surface area is 151 Å². The highest BCUT2D eigenvalue weighted by Gasteiger charge is 2.38. The number of benzene rings is 2. The zero-order valence-electron chi connectivity index (χ0n) is 14.2. The van der Waals surface area contributed by atoms with Crippen molar-refractivity contribution >= 4 is 11.9 Å². The van der Waals surface area contributed by atoms with Crippen LogP contribution in [0.1, 0.15) is 23.5 Å². The Morgan fingerprint density at radius 1 is 1.15 bits per heavy atom. The molecule has 7 heteroatoms. The summed E-state index contributed by atoms with van der Waals surface area (Å²) in [6, 6.07) is 14.1. The van der Waals surface area contributed by atoms with Crippen LogP contribution in [0.3, 0.4) is 0 Å². The number of halogens is 1. The number of nitrogens with two attached hydrogens (primary N) is 1. The molecule has 5 N–H and O–H groups in total. The van der Waals surface area contributed by atoms with E-state index >= 15 is 0 Å². The molecule has 0 spiro atoms. The van der Waals surface area contributed by atoms with Crippen LogP contribution >= 0.6 is 0 Å². The maximum atomic E-state index is 13.6. The van der Waals surface area contributed by atoms with Gasteiger partial charge >= 0.3 is 0 Å². The molecule has 2 aromatic rings. The molecular weight excluding hydrogens is 335 g/mol. The first-order valence-corrected chi connectivity index (χ1v) is 8.32. The first-order valence-electron chi connectivity index (χ1n) is 8.32. The van der Waals surface area contributed by atoms with Gasteiger partial charge in [-0.3, -0.25) is 10.8 Å². The summed E-state index contributed by atoms with van der Waals surface area (Å²) in [4.78, 5) is 0. The molecule has 0 aliphatic heterocycles. The molecule has 26 heavy (non-hydrogen) atoms. The minimum Gasteiger partial charge on any atom is -0.489 e. The van der Waals surface area contributed by atoms with E-state index in [4.69, 9.17) is 26.0 Å². The number of ether oxygens (including phenoxy) is 2. The van der Waals surface area contributed by atoms with Crippen LogP contribution in [0.4, 0.5) is 4.39 Å². The van der Waals surface area contributed by atoms with E-state index in [1.54, 1.807) is 18.2 Å². The lowest BCUT2D eigenvalue weighted by molar-refractivity contribution is 0.300. The molecule has 2 aromatic carbocycles. The molecule has 0 saturated heterocycles. The molecule has 0 unspecified atom stereocenters. The van der Waals surface area contributed by atoms with Crippen molar-refractivity contribution in [2.45, 2.75) is 25.0 Å². The van der Waals surface area contributed by atoms with Crippen LogP contribution in [-0.4, -0.2) is 24.5 Å². The summed E-state index contributed by atoms with van der Waals surface area (Å²) < 4.78 is 23.9. The topological polar surface area (TPSA) is 104 Å². The quantitative estimate of drug-likeness (QED) is 0.452. The lowest BCUT2D eigenvalue weighted by atomic mass is 10.1. The fourth-order valence-electron chi connectivity index (χ4n) is 2.77. The summed E-state index contributed by atoms with van der Waals surface area (Å²) in [7, 11) is 0. The smallest absolute Gasteiger partial charge is 0.285 e. The Morgan fingerprint density at radius 2 is 1.88 bits per heavy atom. The van der Waals surface area contributed by atoms with E-state index in [9.17, 15) is 4.39 Å². The van der Waals surface area contributed by atoms with Gasteiger partial charge in [-0.1, -0.05) is 30.3 Å². The molecule has 0 amide bonds. The molecule has 0 bridgehead atoms. The average molecular weight is 356 g/mol. The molecule has 6 nitrogen and oxygen atoms in total. The summed E-state index contributed by atoms with van der Waals surface area (Å²) in [6.45, 7) is 0.433. The van der Waals surface area contributed by atoms with E-state index in [1.165, 1.54) is 11.6 Å². The predicted molar refractivity (Wildman–Crippen MR) is 97.0 cm³/mol. The fourth-order valence-corrected chi connectivity index (χ4v) is 2.77. The normalized spacial score (nSPS) is 18.2. The second-order valence-electron chi connectivity index (χ2n) is 6.17. The van der Waals surface area contributed by atoms with Gasteiger partial charge in [0.2, 0.25) is 5.90 Å². The Bertz CT molecular complexity index is 794. The highest BCUT2D eigenvalue weighted by Crippen LogP contribution is 2.41. The second kappa shape index (κ2) is 7.97. The van der Waals surface area contributed by atoms with Gasteiger partial charge in [-0.25, -0.2) is 4.39 Å². The SMILES string of the molecule is N=C(N)OC(=N)CN[C@H]1C[C@@H]1c1ccc(OCc2ccccc2F)cc1. The second-order valence-corrected chi connectivity index (χ2v) is 6.17. The van der Waals surface area contributed by atoms with Crippen molar-refractivity contribution in [2.75, 3.05) is 6.54 Å². The average Bonchev–Trinajstić information content (AvgIpc) is 3.39. The zero-order chi connectivity index (χ0) is 18.5. The van der Waals surface area contributed by atoms with Crippen molar-refractivity contribution in [3.05, 3.63) is 65.5 Å². The molecule has 3 rings (SSSR count). The fraction of sp³-hybridized carbons (Fsp3) is 0.263. The third kappa shape index (κ3) is 4.80. The van der Waals surface area contributed by atoms with Crippen LogP contribution < -0.4 is 15.8 Å². The summed E-state index contributed by atoms with van der Waals surface area (Å²) in [6.07, 6.45) is 0.975. The lowest BCUT2D eigenvalue weighted by Gasteiger charge is -2.09. The highest BCUT2D eigenvalue weighted by atomic mass is 19.1. The minimum absolute atomic E-state index is 0.0694. The minimum atomic E-state index is -0.477. The molecule has 1 fully saturated rings. The maximum Gasteiger partial charge on any atom is 0.285 e. The summed E-state index contributed by atoms with van der Waals surface area (Å²) in [5.41, 5.74) is 6.78. The summed E-state index contributed by atoms with van der Waals surface area (Å²) in [5.74, 6) is 0.731. The van der Waals surface area contributed by atoms with Gasteiger partial charge in [0.25, 0.3) is 6.02 Å². The van der Waals surface area contributed by atoms with E-state index in [0.29, 0.717) is 17.2 Å². The molecule has 0 heterocycles. The third-order valence-electron chi connectivity index (χ3n) is 4.21. The van der Waals surface area contributed by atoms with Crippen LogP contribution in [0, 0.1) is 16.6 Å². The maximum absolute atomic E-state index is 13.6. The van der Waals surface area contributed by atoms with Gasteiger partial charge in [-0.05, 0) is 30.2 Å². The van der Waals surface area contributed by atoms with Gasteiger partial charge in [0.1, 0.15) is 18.2 Å². The van der Waals surface area contributed by atoms with Crippen LogP contribution in [0.25, 0.3) is 0 Å². The van der Waals surface area contributed by atoms with Gasteiger partial charge in [-0.15, -0.1) is 0 Å². The van der Waals surface area contributed by atoms with Crippen molar-refractivity contribution in [1.29, 1.82) is 10.8 Å². The van der Waals surface area contributed by atoms with Crippen LogP contribution in [0.15, 0.2) is 48.5 Å². The zero-order valence-corrected chi connectivity index (χ0v) is 14.2. The third-order valence-corrected chi connectivity index (χ3v) is 4.21. The highest BCUT2D eigenvalue weighted by molar-refractivity contribution is 5.87. The van der Waals surface area contributed by atoms with E-state index in [-0.39, 0.29) is 30.9 Å². The van der Waals surface area contributed by atoms with Crippen molar-refractivity contribution in [3.63, 3.8) is 0 Å². The first kappa shape index (κ1) is 17.9. The Balaban J connectivity index is 1.46. The van der Waals surface area contributed by atoms with Gasteiger partial charge in [-0.2, -0.15) is 0 Å². The van der Waals surface area contributed by atoms with Crippen LogP contribution in [-0.2, 0) is 11.3 Å². The molecule has 0 aromatic heterocycles. The van der Waals surface area contributed by atoms with Crippen molar-refractivity contribution in [3.8, 4) is 5.75 Å². The van der Waals surface area contributed by atoms with Gasteiger partial charge < -0.3 is 20.5 Å². The predicted octanol–water partition coefficient (Wildman–Crippen LogP) is 2.74. The van der Waals surface area contributed by atoms with Gasteiger partial charge in [0, 0.05) is 17.5 Å². The standard InChI is InChI=1S/C19H21FN4O2/c20-16-4-2-1-3-13(16)11-25-14-7-5-12(6-8-14)15-9-17(15)24-10-18(21)26-19(22)23/h1-8,15,17,21,24H,9-11H2,(H3,22,23)/t15-,17+/m1/s1. The lowest BCUT2D eigenvalue weighted by Crippen LogP contribution is -2.30. The summed E-state index contributed by atoms with van der Waals surface area (Å²) >= 11 is 0. The molecule has 136 valence electrons. The first-order chi connectivity index (χ1) is 12.5. The number of hydrogen-bond donors (Lipinski definition) is 4. The van der Waals surface area contributed by atoms with E-state index in [0.717, 1.165) is 6.42 Å². The number of rotatable bonds is 7. The van der Waals surface area contributed by atoms with E-state index in [1.807, 2.05) is 24.3 Å². The Morgan fingerprint density at radius 3 is 2.58 bits per heavy atom. The number of amidine groups is 1. The molecule has 2 atom stereocenters. The van der Waals surface area contributed by atoms with Crippen LogP contribution in [0.2, 0.25) is 0 Å². The van der Waals surface area contributed by atoms with E-state index in [2.05, 4.69) is 5.32 Å². The largest absolute Gasteiger partial charge is 0.489 e. The molecule has 0 radical (unpaired) electrons. The monoisotopic (exact) mass is 356 g/mol. The number of nitrogens with one attached hydrogen (secondary N) is 3. The Kier molecular flexibility index (Phi) is 5.48. The molecule has 1 saturated carbocycles. The molecular formula is C19H21FN4O2. The van der Waals surface area contributed by atoms with Crippen LogP contribution in [0.5, 0.6) is 5.75 Å². The Hall–Kier alpha value is -2.93. The molecule has 1 aliphatic carbocycles.